The molecular weight excluding hydrogens is 494 g/mol. The Bertz CT molecular complexity index is 712. The molecule has 8 N–H and O–H groups in total. The van der Waals surface area contributed by atoms with Gasteiger partial charge in [-0.1, -0.05) is 82.1 Å². The van der Waals surface area contributed by atoms with Crippen LogP contribution in [0.25, 0.3) is 0 Å². The average Bonchev–Trinajstić information content (AvgIpc) is 2.62. The molecule has 0 saturated carbocycles. The summed E-state index contributed by atoms with van der Waals surface area (Å²) in [5.41, 5.74) is 27.4. The van der Waals surface area contributed by atoms with Crippen LogP contribution >= 0.6 is 27.7 Å². The summed E-state index contributed by atoms with van der Waals surface area (Å²) in [5, 5.41) is -6.12. The van der Waals surface area contributed by atoms with E-state index in [0.29, 0.717) is 18.3 Å². The van der Waals surface area contributed by atoms with E-state index >= 15 is 0 Å². The number of nitrogens with two attached hydrogens (primary N) is 4. The van der Waals surface area contributed by atoms with Gasteiger partial charge in [0.1, 0.15) is 0 Å². The third-order valence-electron chi connectivity index (χ3n) is 8.90. The normalized spacial score (nSPS) is 25.2. The van der Waals surface area contributed by atoms with Crippen molar-refractivity contribution in [1.82, 2.24) is 0 Å². The Morgan fingerprint density at radius 1 is 0.667 bits per heavy atom. The van der Waals surface area contributed by atoms with Crippen LogP contribution in [-0.4, -0.2) is 51.3 Å². The van der Waals surface area contributed by atoms with Gasteiger partial charge in [-0.05, 0) is 57.6 Å². The fourth-order valence-corrected chi connectivity index (χ4v) is 6.55. The van der Waals surface area contributed by atoms with E-state index in [9.17, 15) is 0 Å². The monoisotopic (exact) mass is 552 g/mol. The third kappa shape index (κ3) is 8.42. The summed E-state index contributed by atoms with van der Waals surface area (Å²) in [6, 6.07) is -0.195. The number of unbranched alkanes of at least 4 members (excludes halogenated alkanes) is 1. The SMILES string of the molecule is [B]C(C)(CC(N)CCCCC(C)(C)C)C(N)(P)C([B])(C)C(N)(P)C([B])(C)C(C)(P)CC(N)C(C)(C)C. The molecule has 0 aromatic heterocycles. The van der Waals surface area contributed by atoms with Crippen LogP contribution in [0.1, 0.15) is 108 Å². The van der Waals surface area contributed by atoms with Gasteiger partial charge in [-0.25, -0.2) is 0 Å². The molecule has 206 valence electrons. The lowest BCUT2D eigenvalue weighted by atomic mass is 9.40. The Kier molecular flexibility index (Phi) is 12.5. The number of rotatable bonds is 13. The van der Waals surface area contributed by atoms with Crippen molar-refractivity contribution >= 4 is 51.3 Å². The summed E-state index contributed by atoms with van der Waals surface area (Å²) in [5.74, 6) is 0. The molecule has 11 unspecified atom stereocenters. The lowest BCUT2D eigenvalue weighted by Crippen LogP contribution is -2.69. The molecule has 0 fully saturated rings. The molecule has 0 aliphatic carbocycles. The number of hydrogen-bond acceptors (Lipinski definition) is 4. The van der Waals surface area contributed by atoms with Crippen LogP contribution < -0.4 is 22.9 Å². The maximum Gasteiger partial charge on any atom is 0.0802 e. The third-order valence-corrected chi connectivity index (χ3v) is 12.2. The Hall–Kier alpha value is 1.32. The van der Waals surface area contributed by atoms with Crippen LogP contribution in [0.5, 0.6) is 0 Å². The van der Waals surface area contributed by atoms with E-state index in [4.69, 9.17) is 46.5 Å². The van der Waals surface area contributed by atoms with Gasteiger partial charge >= 0.3 is 0 Å². The van der Waals surface area contributed by atoms with Crippen molar-refractivity contribution in [3.63, 3.8) is 0 Å². The fraction of sp³-hybridized carbons (Fsp3) is 1.00. The van der Waals surface area contributed by atoms with Crippen molar-refractivity contribution in [1.29, 1.82) is 0 Å². The van der Waals surface area contributed by atoms with E-state index in [1.165, 1.54) is 0 Å². The van der Waals surface area contributed by atoms with Gasteiger partial charge in [0.25, 0.3) is 0 Å². The van der Waals surface area contributed by atoms with Crippen molar-refractivity contribution < 1.29 is 0 Å². The second-order valence-corrected chi connectivity index (χ2v) is 18.0. The van der Waals surface area contributed by atoms with E-state index in [1.807, 2.05) is 20.8 Å². The standard InChI is InChI=1S/C26H58B3N4P3/c1-19(2,3)14-12-11-13-17(30)15-21(7,27)25(32,35)24(10,29)26(33,36)23(9,28)22(8,34)16-18(31)20(4,5)6/h17-18H,11-16,30-36H2,1-10H3. The topological polar surface area (TPSA) is 104 Å². The Morgan fingerprint density at radius 3 is 1.50 bits per heavy atom. The summed E-state index contributed by atoms with van der Waals surface area (Å²) >= 11 is 0. The molecule has 0 amide bonds. The first kappa shape index (κ1) is 37.3. The molecule has 0 rings (SSSR count). The maximum atomic E-state index is 7.07. The zero-order valence-corrected chi connectivity index (χ0v) is 28.6. The summed E-state index contributed by atoms with van der Waals surface area (Å²) < 4.78 is 0. The van der Waals surface area contributed by atoms with Gasteiger partial charge in [0.05, 0.1) is 23.5 Å². The first-order valence-electron chi connectivity index (χ1n) is 13.3. The van der Waals surface area contributed by atoms with Crippen molar-refractivity contribution in [3.8, 4) is 0 Å². The van der Waals surface area contributed by atoms with Crippen LogP contribution in [0.2, 0.25) is 15.9 Å². The molecule has 0 spiro atoms. The van der Waals surface area contributed by atoms with Gasteiger partial charge in [-0.15, -0.1) is 27.7 Å². The Labute approximate surface area is 236 Å². The first-order chi connectivity index (χ1) is 15.5. The molecule has 10 heteroatoms. The van der Waals surface area contributed by atoms with E-state index < -0.39 is 31.7 Å². The lowest BCUT2D eigenvalue weighted by molar-refractivity contribution is 0.187. The Balaban J connectivity index is 5.90. The minimum absolute atomic E-state index is 0.0881. The predicted octanol–water partition coefficient (Wildman–Crippen LogP) is 4.81. The van der Waals surface area contributed by atoms with E-state index in [0.717, 1.165) is 25.7 Å². The van der Waals surface area contributed by atoms with Gasteiger partial charge in [-0.3, -0.25) is 0 Å². The highest BCUT2D eigenvalue weighted by Crippen LogP contribution is 2.68. The molecule has 0 aliphatic heterocycles. The van der Waals surface area contributed by atoms with Crippen molar-refractivity contribution in [3.05, 3.63) is 0 Å². The van der Waals surface area contributed by atoms with E-state index in [2.05, 4.69) is 76.2 Å². The van der Waals surface area contributed by atoms with Crippen LogP contribution in [0.15, 0.2) is 0 Å². The van der Waals surface area contributed by atoms with Gasteiger partial charge in [-0.2, -0.15) is 0 Å². The molecule has 4 nitrogen and oxygen atoms in total. The number of hydrogen-bond donors (Lipinski definition) is 4. The van der Waals surface area contributed by atoms with Gasteiger partial charge in [0.15, 0.2) is 0 Å². The van der Waals surface area contributed by atoms with Crippen LogP contribution in [-0.2, 0) is 0 Å². The summed E-state index contributed by atoms with van der Waals surface area (Å²) in [6.07, 6.45) is 5.36. The van der Waals surface area contributed by atoms with Gasteiger partial charge in [0.2, 0.25) is 0 Å². The molecule has 6 radical (unpaired) electrons. The predicted molar refractivity (Wildman–Crippen MR) is 176 cm³/mol. The highest BCUT2D eigenvalue weighted by atomic mass is 31.0. The quantitative estimate of drug-likeness (QED) is 0.150. The molecule has 0 aromatic carbocycles. The molecular formula is C26H58B3N4P3. The molecule has 0 heterocycles. The molecule has 11 atom stereocenters. The van der Waals surface area contributed by atoms with Crippen molar-refractivity contribution in [2.24, 2.45) is 33.8 Å². The minimum atomic E-state index is -1.22. The zero-order chi connectivity index (χ0) is 29.4. The lowest BCUT2D eigenvalue weighted by Gasteiger charge is -2.66. The summed E-state index contributed by atoms with van der Waals surface area (Å²) in [6.45, 7) is 20.9. The van der Waals surface area contributed by atoms with E-state index in [1.54, 1.807) is 0 Å². The average molecular weight is 552 g/mol. The Morgan fingerprint density at radius 2 is 1.11 bits per heavy atom. The van der Waals surface area contributed by atoms with E-state index in [-0.39, 0.29) is 17.5 Å². The van der Waals surface area contributed by atoms with Gasteiger partial charge < -0.3 is 22.9 Å². The molecule has 36 heavy (non-hydrogen) atoms. The fourth-order valence-electron chi connectivity index (χ4n) is 4.80. The maximum absolute atomic E-state index is 7.07. The summed E-state index contributed by atoms with van der Waals surface area (Å²) in [4.78, 5) is 0. The molecule has 0 bridgehead atoms. The molecule has 0 aliphatic rings. The smallest absolute Gasteiger partial charge is 0.0802 e. The van der Waals surface area contributed by atoms with Crippen LogP contribution in [0.4, 0.5) is 0 Å². The minimum Gasteiger partial charge on any atom is -0.328 e. The second-order valence-electron chi connectivity index (χ2n) is 14.9. The summed E-state index contributed by atoms with van der Waals surface area (Å²) in [7, 11) is 29.4. The highest BCUT2D eigenvalue weighted by molar-refractivity contribution is 7.22. The van der Waals surface area contributed by atoms with Crippen LogP contribution in [0.3, 0.4) is 0 Å². The van der Waals surface area contributed by atoms with Crippen molar-refractivity contribution in [2.45, 2.75) is 152 Å². The zero-order valence-electron chi connectivity index (χ0n) is 25.2. The van der Waals surface area contributed by atoms with Crippen molar-refractivity contribution in [2.75, 3.05) is 0 Å². The second kappa shape index (κ2) is 12.1. The first-order valence-corrected chi connectivity index (χ1v) is 15.0. The van der Waals surface area contributed by atoms with Crippen LogP contribution in [0, 0.1) is 10.8 Å². The molecule has 0 saturated heterocycles. The molecule has 0 aromatic rings. The highest BCUT2D eigenvalue weighted by Gasteiger charge is 2.62. The van der Waals surface area contributed by atoms with Gasteiger partial charge in [0, 0.05) is 22.6 Å². The largest absolute Gasteiger partial charge is 0.328 e.